The molecule has 0 amide bonds. The van der Waals surface area contributed by atoms with Gasteiger partial charge in [0.2, 0.25) is 0 Å². The van der Waals surface area contributed by atoms with Crippen LogP contribution in [0.2, 0.25) is 0 Å². The third-order valence-corrected chi connectivity index (χ3v) is 3.99. The van der Waals surface area contributed by atoms with E-state index in [1.165, 1.54) is 32.8 Å². The number of nitrogens with zero attached hydrogens (tertiary/aromatic N) is 1. The topological polar surface area (TPSA) is 38.8 Å². The highest BCUT2D eigenvalue weighted by Crippen LogP contribution is 2.31. The molecular formula is C13H23NO3. The molecule has 98 valence electrons. The molecule has 4 nitrogen and oxygen atoms in total. The highest BCUT2D eigenvalue weighted by molar-refractivity contribution is 5.78. The lowest BCUT2D eigenvalue weighted by molar-refractivity contribution is -0.186. The second kappa shape index (κ2) is 5.36. The van der Waals surface area contributed by atoms with Gasteiger partial charge < -0.3 is 14.4 Å². The van der Waals surface area contributed by atoms with E-state index in [0.717, 1.165) is 19.0 Å². The number of esters is 1. The van der Waals surface area contributed by atoms with Gasteiger partial charge in [0, 0.05) is 13.1 Å². The van der Waals surface area contributed by atoms with Crippen molar-refractivity contribution in [3.05, 3.63) is 0 Å². The Hall–Kier alpha value is -0.610. The summed E-state index contributed by atoms with van der Waals surface area (Å²) in [5, 5.41) is 0. The van der Waals surface area contributed by atoms with Crippen LogP contribution in [0.4, 0.5) is 0 Å². The summed E-state index contributed by atoms with van der Waals surface area (Å²) < 4.78 is 10.1. The Morgan fingerprint density at radius 2 is 2.06 bits per heavy atom. The van der Waals surface area contributed by atoms with Gasteiger partial charge in [0.25, 0.3) is 0 Å². The largest absolute Gasteiger partial charge is 0.468 e. The van der Waals surface area contributed by atoms with Crippen molar-refractivity contribution < 1.29 is 14.3 Å². The quantitative estimate of drug-likeness (QED) is 0.680. The molecule has 1 saturated carbocycles. The van der Waals surface area contributed by atoms with E-state index < -0.39 is 5.41 Å². The zero-order valence-corrected chi connectivity index (χ0v) is 10.9. The molecule has 0 spiro atoms. The molecule has 1 saturated heterocycles. The maximum atomic E-state index is 11.8. The molecule has 2 aliphatic rings. The Labute approximate surface area is 103 Å². The van der Waals surface area contributed by atoms with Crippen LogP contribution < -0.4 is 0 Å². The average molecular weight is 241 g/mol. The summed E-state index contributed by atoms with van der Waals surface area (Å²) >= 11 is 0. The molecule has 1 aliphatic carbocycles. The first-order valence-corrected chi connectivity index (χ1v) is 6.51. The van der Waals surface area contributed by atoms with Crippen LogP contribution in [0.5, 0.6) is 0 Å². The smallest absolute Gasteiger partial charge is 0.317 e. The summed E-state index contributed by atoms with van der Waals surface area (Å²) in [7, 11) is 3.56. The van der Waals surface area contributed by atoms with Crippen molar-refractivity contribution in [2.45, 2.75) is 25.7 Å². The van der Waals surface area contributed by atoms with Gasteiger partial charge in [-0.25, -0.2) is 0 Å². The minimum absolute atomic E-state index is 0.123. The normalized spacial score (nSPS) is 23.7. The van der Waals surface area contributed by atoms with Crippen molar-refractivity contribution in [1.29, 1.82) is 0 Å². The molecule has 0 bridgehead atoms. The monoisotopic (exact) mass is 241 g/mol. The second-order valence-electron chi connectivity index (χ2n) is 5.61. The number of hydrogen-bond donors (Lipinski definition) is 0. The minimum atomic E-state index is -0.401. The summed E-state index contributed by atoms with van der Waals surface area (Å²) in [6, 6.07) is 0. The first kappa shape index (κ1) is 12.8. The van der Waals surface area contributed by atoms with E-state index in [9.17, 15) is 4.79 Å². The fraction of sp³-hybridized carbons (Fsp3) is 0.923. The molecule has 0 unspecified atom stereocenters. The molecule has 2 fully saturated rings. The van der Waals surface area contributed by atoms with Crippen LogP contribution in [0.15, 0.2) is 0 Å². The predicted molar refractivity (Wildman–Crippen MR) is 64.7 cm³/mol. The minimum Gasteiger partial charge on any atom is -0.468 e. The lowest BCUT2D eigenvalue weighted by atomic mass is 9.85. The van der Waals surface area contributed by atoms with Crippen molar-refractivity contribution in [1.82, 2.24) is 4.90 Å². The molecule has 0 aromatic heterocycles. The lowest BCUT2D eigenvalue weighted by Gasteiger charge is -2.41. The number of methoxy groups -OCH3 is 1. The van der Waals surface area contributed by atoms with E-state index in [0.29, 0.717) is 13.2 Å². The lowest BCUT2D eigenvalue weighted by Crippen LogP contribution is -2.56. The first-order chi connectivity index (χ1) is 8.16. The highest BCUT2D eigenvalue weighted by Gasteiger charge is 2.47. The van der Waals surface area contributed by atoms with Crippen molar-refractivity contribution >= 4 is 5.97 Å². The summed E-state index contributed by atoms with van der Waals surface area (Å²) in [5.74, 6) is 0.692. The van der Waals surface area contributed by atoms with Gasteiger partial charge in [-0.2, -0.15) is 0 Å². The van der Waals surface area contributed by atoms with E-state index in [4.69, 9.17) is 9.47 Å². The van der Waals surface area contributed by atoms with Crippen molar-refractivity contribution in [2.24, 2.45) is 11.3 Å². The van der Waals surface area contributed by atoms with Crippen LogP contribution in [0.25, 0.3) is 0 Å². The predicted octanol–water partition coefficient (Wildman–Crippen LogP) is 1.30. The van der Waals surface area contributed by atoms with Crippen LogP contribution in [-0.4, -0.2) is 51.3 Å². The second-order valence-corrected chi connectivity index (χ2v) is 5.61. The molecule has 4 heteroatoms. The SMILES string of the molecule is COC(=O)C1(CN(C)CC2CCCC2)COC1. The Bertz CT molecular complexity index is 270. The molecule has 1 heterocycles. The number of ether oxygens (including phenoxy) is 2. The Morgan fingerprint density at radius 1 is 1.41 bits per heavy atom. The number of carbonyl (C=O) groups excluding carboxylic acids is 1. The van der Waals surface area contributed by atoms with Crippen LogP contribution in [0, 0.1) is 11.3 Å². The standard InChI is InChI=1S/C13H23NO3/c1-14(7-11-5-3-4-6-11)8-13(9-17-10-13)12(15)16-2/h11H,3-10H2,1-2H3. The van der Waals surface area contributed by atoms with E-state index >= 15 is 0 Å². The molecule has 0 radical (unpaired) electrons. The third kappa shape index (κ3) is 2.80. The highest BCUT2D eigenvalue weighted by atomic mass is 16.5. The van der Waals surface area contributed by atoms with Crippen molar-refractivity contribution in [3.63, 3.8) is 0 Å². The summed E-state index contributed by atoms with van der Waals surface area (Å²) in [6.45, 7) is 2.87. The van der Waals surface area contributed by atoms with E-state index in [1.807, 2.05) is 0 Å². The van der Waals surface area contributed by atoms with Gasteiger partial charge in [0.15, 0.2) is 0 Å². The molecule has 0 N–H and O–H groups in total. The fourth-order valence-electron chi connectivity index (χ4n) is 3.05. The summed E-state index contributed by atoms with van der Waals surface area (Å²) in [6.07, 6.45) is 5.41. The average Bonchev–Trinajstić information content (AvgIpc) is 2.75. The number of carbonyl (C=O) groups is 1. The Balaban J connectivity index is 1.83. The van der Waals surface area contributed by atoms with Gasteiger partial charge in [-0.15, -0.1) is 0 Å². The Kier molecular flexibility index (Phi) is 4.05. The van der Waals surface area contributed by atoms with Crippen LogP contribution in [0.1, 0.15) is 25.7 Å². The molecular weight excluding hydrogens is 218 g/mol. The molecule has 1 aliphatic heterocycles. The zero-order chi connectivity index (χ0) is 12.3. The van der Waals surface area contributed by atoms with Crippen molar-refractivity contribution in [2.75, 3.05) is 40.5 Å². The molecule has 17 heavy (non-hydrogen) atoms. The van der Waals surface area contributed by atoms with Crippen molar-refractivity contribution in [3.8, 4) is 0 Å². The van der Waals surface area contributed by atoms with E-state index in [2.05, 4.69) is 11.9 Å². The molecule has 0 atom stereocenters. The molecule has 2 rings (SSSR count). The number of rotatable bonds is 5. The van der Waals surface area contributed by atoms with Gasteiger partial charge in [-0.05, 0) is 25.8 Å². The maximum Gasteiger partial charge on any atom is 0.317 e. The van der Waals surface area contributed by atoms with Gasteiger partial charge in [-0.1, -0.05) is 12.8 Å². The van der Waals surface area contributed by atoms with Gasteiger partial charge in [-0.3, -0.25) is 4.79 Å². The molecule has 0 aromatic rings. The van der Waals surface area contributed by atoms with Gasteiger partial charge >= 0.3 is 5.97 Å². The number of hydrogen-bond acceptors (Lipinski definition) is 4. The zero-order valence-electron chi connectivity index (χ0n) is 10.9. The fourth-order valence-corrected chi connectivity index (χ4v) is 3.05. The maximum absolute atomic E-state index is 11.8. The van der Waals surface area contributed by atoms with Gasteiger partial charge in [0.1, 0.15) is 5.41 Å². The van der Waals surface area contributed by atoms with E-state index in [-0.39, 0.29) is 5.97 Å². The third-order valence-electron chi connectivity index (χ3n) is 3.99. The van der Waals surface area contributed by atoms with Crippen LogP contribution in [0.3, 0.4) is 0 Å². The Morgan fingerprint density at radius 3 is 2.53 bits per heavy atom. The van der Waals surface area contributed by atoms with Gasteiger partial charge in [0.05, 0.1) is 20.3 Å². The molecule has 0 aromatic carbocycles. The van der Waals surface area contributed by atoms with E-state index in [1.54, 1.807) is 0 Å². The van der Waals surface area contributed by atoms with Crippen LogP contribution in [-0.2, 0) is 14.3 Å². The first-order valence-electron chi connectivity index (χ1n) is 6.51. The summed E-state index contributed by atoms with van der Waals surface area (Å²) in [4.78, 5) is 14.0. The van der Waals surface area contributed by atoms with Crippen LogP contribution >= 0.6 is 0 Å². The summed E-state index contributed by atoms with van der Waals surface area (Å²) in [5.41, 5.74) is -0.401.